The third-order valence-corrected chi connectivity index (χ3v) is 31.2. The summed E-state index contributed by atoms with van der Waals surface area (Å²) in [5.74, 6) is 18.0. The van der Waals surface area contributed by atoms with Crippen LogP contribution in [0.5, 0.6) is 0 Å². The zero-order valence-corrected chi connectivity index (χ0v) is 93.4. The first-order valence-electron chi connectivity index (χ1n) is 61.4. The second-order valence-corrected chi connectivity index (χ2v) is 44.7. The van der Waals surface area contributed by atoms with Gasteiger partial charge < -0.3 is 5.53 Å². The summed E-state index contributed by atoms with van der Waals surface area (Å²) in [5.41, 5.74) is 21.4. The number of hydrogen-bond acceptors (Lipinski definition) is 0. The van der Waals surface area contributed by atoms with Crippen molar-refractivity contribution in [2.75, 3.05) is 0 Å². The molecule has 0 atom stereocenters. The Morgan fingerprint density at radius 2 is 0.421 bits per heavy atom. The van der Waals surface area contributed by atoms with Crippen LogP contribution in [0.15, 0.2) is 47.5 Å². The fraction of sp³-hybridized carbons (Fsp3) is 0.846. The predicted molar refractivity (Wildman–Crippen MR) is 600 cm³/mol. The molecule has 0 amide bonds. The van der Waals surface area contributed by atoms with Crippen molar-refractivity contribution in [1.82, 2.24) is 0 Å². The van der Waals surface area contributed by atoms with Gasteiger partial charge in [0.2, 0.25) is 0 Å². The van der Waals surface area contributed by atoms with Crippen molar-refractivity contribution < 1.29 is 22.8 Å². The molecule has 0 spiro atoms. The third kappa shape index (κ3) is 90.2. The van der Waals surface area contributed by atoms with E-state index in [1.54, 1.807) is 9.79 Å². The Bertz CT molecular complexity index is 2790. The Kier molecular flexibility index (Phi) is 106. The Balaban J connectivity index is 0.00000149. The van der Waals surface area contributed by atoms with Gasteiger partial charge in [0.05, 0.1) is 5.57 Å². The summed E-state index contributed by atoms with van der Waals surface area (Å²) in [6.07, 6.45) is 139. The third-order valence-electron chi connectivity index (χ3n) is 29.0. The van der Waals surface area contributed by atoms with Gasteiger partial charge in [0, 0.05) is 24.0 Å². The van der Waals surface area contributed by atoms with Gasteiger partial charge in [-0.1, -0.05) is 521 Å². The van der Waals surface area contributed by atoms with Crippen molar-refractivity contribution in [3.8, 4) is 23.7 Å². The molecule has 0 N–H and O–H groups in total. The van der Waals surface area contributed by atoms with Gasteiger partial charge in [0.1, 0.15) is 0 Å². The fourth-order valence-electron chi connectivity index (χ4n) is 20.1. The molecule has 0 saturated heterocycles. The van der Waals surface area contributed by atoms with Crippen LogP contribution in [0.3, 0.4) is 0 Å². The molecule has 0 aliphatic heterocycles. The van der Waals surface area contributed by atoms with E-state index in [1.165, 1.54) is 624 Å². The van der Waals surface area contributed by atoms with E-state index in [0.29, 0.717) is 0 Å². The number of unbranched alkanes of at least 4 members (excludes halogenated alkanes) is 88. The first-order chi connectivity index (χ1) is 66.0. The minimum atomic E-state index is 0.861. The first kappa shape index (κ1) is 128. The van der Waals surface area contributed by atoms with E-state index >= 15 is 0 Å². The van der Waals surface area contributed by atoms with Crippen molar-refractivity contribution in [3.63, 3.8) is 0 Å². The van der Waals surface area contributed by atoms with E-state index < -0.39 is 0 Å². The summed E-state index contributed by atoms with van der Waals surface area (Å²) in [5, 5.41) is 0. The standard InChI is InChI=1S/C80H132N2.2C25H51.Pd/c1-7-13-19-23-25-27-29-31-33-35-37-39-41-43-45-47-49-51-53-55-61-74-66-75(62-56-54-52-50-48-46-44-42-40-38-36-34-32-30-28-26-24-20-14-8-2)70-78(69-74)80(77-67-72(59-17-11-5)65-73(68-77)60-18-12-6)79(64-58-22-16-10-4)76(71-82-81)63-57-21-15-9-3;2*1-3-5-7-9-11-13-15-17-19-21-23-25-24-22-20-18-16-14-12-10-8-6-4-2;/h65-70H,7-54,57-60,63-64H2,1-6H3;2*1,3-25H2,2H3;. The Morgan fingerprint density at radius 3 is 0.654 bits per heavy atom. The maximum absolute atomic E-state index is 10.3. The van der Waals surface area contributed by atoms with Crippen LogP contribution < -0.4 is 0 Å². The molecule has 0 unspecified atom stereocenters. The minimum absolute atomic E-state index is 0.861. The molecule has 0 bridgehead atoms. The van der Waals surface area contributed by atoms with Gasteiger partial charge in [0.25, 0.3) is 0 Å². The van der Waals surface area contributed by atoms with Crippen LogP contribution in [0.2, 0.25) is 9.79 Å². The second-order valence-electron chi connectivity index (χ2n) is 42.4. The first-order valence-corrected chi connectivity index (χ1v) is 63.6. The van der Waals surface area contributed by atoms with Crippen LogP contribution in [0.4, 0.5) is 0 Å². The van der Waals surface area contributed by atoms with Crippen molar-refractivity contribution in [2.45, 2.75) is 707 Å². The molecule has 0 saturated carbocycles. The summed E-state index contributed by atoms with van der Waals surface area (Å²) in [4.78, 5) is 6.78. The van der Waals surface area contributed by atoms with Crippen molar-refractivity contribution in [1.29, 1.82) is 0 Å². The molecule has 2 nitrogen and oxygen atoms in total. The molecule has 774 valence electrons. The maximum atomic E-state index is 10.3. The van der Waals surface area contributed by atoms with Gasteiger partial charge in [-0.15, -0.1) is 4.79 Å². The van der Waals surface area contributed by atoms with Gasteiger partial charge in [0.15, 0.2) is 0 Å². The van der Waals surface area contributed by atoms with Crippen LogP contribution in [0.25, 0.3) is 11.1 Å². The number of nitrogens with zero attached hydrogens (tertiary/aromatic N) is 2. The second kappa shape index (κ2) is 110. The average Bonchev–Trinajstić information content (AvgIpc) is 0.784. The quantitative estimate of drug-likeness (QED) is 0.0120. The summed E-state index contributed by atoms with van der Waals surface area (Å²) in [6.45, 7) is 18.4. The molecule has 2 aromatic carbocycles. The Morgan fingerprint density at radius 1 is 0.218 bits per heavy atom. The van der Waals surface area contributed by atoms with E-state index in [0.717, 1.165) is 86.0 Å². The molecule has 0 radical (unpaired) electrons. The topological polar surface area (TPSA) is 36.4 Å². The molecule has 0 heterocycles. The number of hydrogen-bond donors (Lipinski definition) is 0. The fourth-order valence-corrected chi connectivity index (χ4v) is 22.1. The average molecular weight is 1930 g/mol. The van der Waals surface area contributed by atoms with Crippen LogP contribution in [-0.2, 0) is 30.8 Å². The van der Waals surface area contributed by atoms with Crippen LogP contribution in [0.1, 0.15) is 718 Å². The summed E-state index contributed by atoms with van der Waals surface area (Å²) in [6, 6.07) is 14.5. The Labute approximate surface area is 845 Å². The van der Waals surface area contributed by atoms with Crippen molar-refractivity contribution >= 4 is 11.4 Å². The monoisotopic (exact) mass is 1930 g/mol. The molecular weight excluding hydrogens is 1700 g/mol. The summed E-state index contributed by atoms with van der Waals surface area (Å²) >= 11 is 1.06. The zero-order valence-electron chi connectivity index (χ0n) is 91.8. The van der Waals surface area contributed by atoms with E-state index in [2.05, 4.69) is 126 Å². The van der Waals surface area contributed by atoms with E-state index in [9.17, 15) is 5.53 Å². The van der Waals surface area contributed by atoms with Crippen LogP contribution >= 0.6 is 0 Å². The van der Waals surface area contributed by atoms with Gasteiger partial charge in [-0.25, -0.2) is 0 Å². The molecule has 0 aliphatic rings. The predicted octanol–water partition coefficient (Wildman–Crippen LogP) is 46.4. The van der Waals surface area contributed by atoms with Gasteiger partial charge in [-0.05, 0) is 116 Å². The number of aryl methyl sites for hydroxylation is 2. The molecule has 133 heavy (non-hydrogen) atoms. The SMILES string of the molecule is CCCCCCCCCCCCCCCCCCCCC#Cc1cc(C#CCCCCCCCCCCCCCCCCCCCC)cc(C(=C(CCCCCC)C(=C=[N+]=[N-])CCCCCC)c2cc(CCCC)cc(CCCC)c2)c1.CCCCCCCCCCCCCCCCCCCCCCCC[CH2][Pd][CH2]CCCCCCCCCCCCCCCCCCCCCCCC. The summed E-state index contributed by atoms with van der Waals surface area (Å²) < 4.78 is 0. The molecule has 3 heteroatoms. The van der Waals surface area contributed by atoms with Crippen molar-refractivity contribution in [3.05, 3.63) is 86.5 Å². The van der Waals surface area contributed by atoms with E-state index in [1.807, 2.05) is 0 Å². The molecule has 0 aliphatic carbocycles. The van der Waals surface area contributed by atoms with Gasteiger partial charge >= 0.3 is 175 Å². The van der Waals surface area contributed by atoms with Crippen molar-refractivity contribution in [2.24, 2.45) is 0 Å². The normalized spacial score (nSPS) is 11.5. The van der Waals surface area contributed by atoms with Crippen LogP contribution in [0, 0.1) is 23.7 Å². The minimum Gasteiger partial charge on any atom is -0.0654 e. The summed E-state index contributed by atoms with van der Waals surface area (Å²) in [7, 11) is 0. The number of benzene rings is 2. The Hall–Kier alpha value is -2.88. The number of rotatable bonds is 103. The van der Waals surface area contributed by atoms with Gasteiger partial charge in [-0.2, -0.15) is 0 Å². The smallest absolute Gasteiger partial charge is 0.0654 e. The zero-order chi connectivity index (χ0) is 95.5. The molecule has 2 rings (SSSR count). The van der Waals surface area contributed by atoms with Gasteiger partial charge in [-0.3, -0.25) is 0 Å². The van der Waals surface area contributed by atoms with Crippen LogP contribution in [-0.4, -0.2) is 10.7 Å². The van der Waals surface area contributed by atoms with E-state index in [4.69, 9.17) is 0 Å². The molecular formula is C130H234N2Pd. The molecule has 0 fully saturated rings. The van der Waals surface area contributed by atoms with E-state index in [-0.39, 0.29) is 0 Å². The molecule has 2 aromatic rings. The number of allylic oxidation sites excluding steroid dienone is 2. The molecule has 0 aromatic heterocycles.